The van der Waals surface area contributed by atoms with E-state index in [4.69, 9.17) is 37.3 Å². The van der Waals surface area contributed by atoms with Crippen molar-refractivity contribution < 1.29 is 37.7 Å². The number of aromatic amines is 1. The van der Waals surface area contributed by atoms with Crippen LogP contribution in [0.5, 0.6) is 11.5 Å². The van der Waals surface area contributed by atoms with Crippen molar-refractivity contribution in [2.45, 2.75) is 18.8 Å². The maximum atomic E-state index is 11.8. The van der Waals surface area contributed by atoms with Crippen molar-refractivity contribution >= 4 is 18.2 Å². The number of aliphatic carboxylic acids is 1. The highest BCUT2D eigenvalue weighted by atomic mass is 32.1. The van der Waals surface area contributed by atoms with Gasteiger partial charge in [-0.05, 0) is 24.4 Å². The first-order chi connectivity index (χ1) is 13.9. The van der Waals surface area contributed by atoms with Crippen molar-refractivity contribution in [3.8, 4) is 22.8 Å². The number of rotatable bonds is 6. The number of methoxy groups -OCH3 is 2. The Labute approximate surface area is 173 Å². The van der Waals surface area contributed by atoms with Gasteiger partial charge in [0.1, 0.15) is 11.5 Å². The predicted molar refractivity (Wildman–Crippen MR) is 103 cm³/mol. The Bertz CT molecular complexity index is 990. The van der Waals surface area contributed by atoms with Crippen LogP contribution in [0.1, 0.15) is 0 Å². The highest BCUT2D eigenvalue weighted by Crippen LogP contribution is 2.32. The molecule has 0 radical (unpaired) electrons. The summed E-state index contributed by atoms with van der Waals surface area (Å²) in [6.45, 7) is 0.247. The third-order valence-corrected chi connectivity index (χ3v) is 3.95. The van der Waals surface area contributed by atoms with Crippen molar-refractivity contribution in [2.75, 3.05) is 20.8 Å². The molecular weight excluding hydrogens is 431 g/mol. The van der Waals surface area contributed by atoms with E-state index in [1.807, 2.05) is 0 Å². The van der Waals surface area contributed by atoms with Gasteiger partial charge in [-0.2, -0.15) is 13.2 Å². The van der Waals surface area contributed by atoms with E-state index >= 15 is 0 Å². The van der Waals surface area contributed by atoms with Gasteiger partial charge in [0.05, 0.1) is 32.6 Å². The van der Waals surface area contributed by atoms with Crippen LogP contribution in [-0.4, -0.2) is 58.8 Å². The van der Waals surface area contributed by atoms with Crippen LogP contribution in [0.15, 0.2) is 29.1 Å². The molecule has 1 aromatic carbocycles. The predicted octanol–water partition coefficient (Wildman–Crippen LogP) is 1.54. The van der Waals surface area contributed by atoms with Crippen molar-refractivity contribution in [1.82, 2.24) is 9.55 Å². The molecule has 30 heavy (non-hydrogen) atoms. The van der Waals surface area contributed by atoms with Gasteiger partial charge in [0, 0.05) is 24.2 Å². The molecule has 0 saturated carbocycles. The standard InChI is InChI=1S/C15H19N3O4S.C2HF3O2/c1-21-10-3-4-11(13(5-10)22-2)12-6-14(20)17-15(23)18(12)8-9(19)7-16;3-2(4,5)1(6)7/h3-6,9,19H,7-8,16H2,1-2H3,(H,17,20,23);(H,6,7)/t9-;/m1./s1. The monoisotopic (exact) mass is 451 g/mol. The largest absolute Gasteiger partial charge is 0.497 e. The summed E-state index contributed by atoms with van der Waals surface area (Å²) in [6.07, 6.45) is -5.87. The summed E-state index contributed by atoms with van der Waals surface area (Å²) in [5.74, 6) is -1.60. The number of carboxylic acid groups (broad SMARTS) is 1. The first-order valence-electron chi connectivity index (χ1n) is 8.19. The minimum Gasteiger partial charge on any atom is -0.497 e. The number of aliphatic hydroxyl groups is 1. The first kappa shape index (κ1) is 25.1. The van der Waals surface area contributed by atoms with Gasteiger partial charge in [-0.3, -0.25) is 9.78 Å². The van der Waals surface area contributed by atoms with E-state index in [-0.39, 0.29) is 23.4 Å². The summed E-state index contributed by atoms with van der Waals surface area (Å²) in [5, 5.41) is 17.0. The molecule has 0 aliphatic heterocycles. The summed E-state index contributed by atoms with van der Waals surface area (Å²) in [6, 6.07) is 6.64. The number of nitrogens with zero attached hydrogens (tertiary/aromatic N) is 1. The van der Waals surface area contributed by atoms with Gasteiger partial charge in [-0.25, -0.2) is 4.79 Å². The number of ether oxygens (including phenoxy) is 2. The second kappa shape index (κ2) is 10.8. The SMILES string of the molecule is COc1ccc(-c2cc(=O)[nH]c(=S)n2C[C@H](O)CN)c(OC)c1.O=C(O)C(F)(F)F. The van der Waals surface area contributed by atoms with E-state index in [1.54, 1.807) is 29.9 Å². The summed E-state index contributed by atoms with van der Waals surface area (Å²) < 4.78 is 44.1. The smallest absolute Gasteiger partial charge is 0.490 e. The molecule has 0 amide bonds. The number of carboxylic acids is 1. The van der Waals surface area contributed by atoms with Gasteiger partial charge in [0.2, 0.25) is 0 Å². The van der Waals surface area contributed by atoms with Crippen LogP contribution < -0.4 is 20.8 Å². The molecule has 0 aliphatic carbocycles. The van der Waals surface area contributed by atoms with E-state index < -0.39 is 18.2 Å². The average molecular weight is 451 g/mol. The van der Waals surface area contributed by atoms with E-state index in [1.165, 1.54) is 13.2 Å². The molecular formula is C17H20F3N3O6S. The van der Waals surface area contributed by atoms with Gasteiger partial charge >= 0.3 is 12.1 Å². The molecule has 0 bridgehead atoms. The third kappa shape index (κ3) is 6.86. The van der Waals surface area contributed by atoms with Crippen molar-refractivity contribution in [3.05, 3.63) is 39.4 Å². The molecule has 0 unspecified atom stereocenters. The van der Waals surface area contributed by atoms with Crippen LogP contribution in [0.4, 0.5) is 13.2 Å². The van der Waals surface area contributed by atoms with Crippen molar-refractivity contribution in [2.24, 2.45) is 5.73 Å². The Morgan fingerprint density at radius 1 is 1.30 bits per heavy atom. The number of halogens is 3. The highest BCUT2D eigenvalue weighted by molar-refractivity contribution is 7.71. The lowest BCUT2D eigenvalue weighted by Gasteiger charge is -2.18. The van der Waals surface area contributed by atoms with Crippen molar-refractivity contribution in [1.29, 1.82) is 0 Å². The molecule has 1 aromatic heterocycles. The van der Waals surface area contributed by atoms with E-state index in [0.717, 1.165) is 0 Å². The van der Waals surface area contributed by atoms with Crippen LogP contribution in [0.2, 0.25) is 0 Å². The molecule has 1 atom stereocenters. The number of nitrogens with two attached hydrogens (primary N) is 1. The number of hydrogen-bond donors (Lipinski definition) is 4. The molecule has 1 heterocycles. The lowest BCUT2D eigenvalue weighted by Crippen LogP contribution is -2.27. The topological polar surface area (TPSA) is 140 Å². The minimum atomic E-state index is -5.08. The van der Waals surface area contributed by atoms with E-state index in [2.05, 4.69) is 4.98 Å². The summed E-state index contributed by atoms with van der Waals surface area (Å²) in [4.78, 5) is 23.3. The number of aromatic nitrogens is 2. The molecule has 2 aromatic rings. The Kier molecular flexibility index (Phi) is 9.01. The molecule has 0 fully saturated rings. The lowest BCUT2D eigenvalue weighted by atomic mass is 10.1. The third-order valence-electron chi connectivity index (χ3n) is 3.63. The Morgan fingerprint density at radius 2 is 1.90 bits per heavy atom. The molecule has 0 saturated heterocycles. The van der Waals surface area contributed by atoms with Crippen LogP contribution >= 0.6 is 12.2 Å². The van der Waals surface area contributed by atoms with Crippen LogP contribution in [0, 0.1) is 4.77 Å². The zero-order chi connectivity index (χ0) is 23.1. The molecule has 166 valence electrons. The van der Waals surface area contributed by atoms with Crippen molar-refractivity contribution in [3.63, 3.8) is 0 Å². The summed E-state index contributed by atoms with van der Waals surface area (Å²) in [7, 11) is 3.08. The van der Waals surface area contributed by atoms with E-state index in [9.17, 15) is 23.1 Å². The second-order valence-electron chi connectivity index (χ2n) is 5.69. The second-order valence-corrected chi connectivity index (χ2v) is 6.08. The summed E-state index contributed by atoms with van der Waals surface area (Å²) in [5.41, 5.74) is 6.33. The maximum Gasteiger partial charge on any atom is 0.490 e. The molecule has 5 N–H and O–H groups in total. The fourth-order valence-electron chi connectivity index (χ4n) is 2.22. The number of carbonyl (C=O) groups is 1. The number of H-pyrrole nitrogens is 1. The highest BCUT2D eigenvalue weighted by Gasteiger charge is 2.38. The average Bonchev–Trinajstić information content (AvgIpc) is 2.68. The number of alkyl halides is 3. The molecule has 13 heteroatoms. The first-order valence-corrected chi connectivity index (χ1v) is 8.60. The zero-order valence-corrected chi connectivity index (χ0v) is 16.7. The fourth-order valence-corrected chi connectivity index (χ4v) is 2.49. The van der Waals surface area contributed by atoms with E-state index in [0.29, 0.717) is 22.8 Å². The fraction of sp³-hybridized carbons (Fsp3) is 0.353. The Morgan fingerprint density at radius 3 is 2.37 bits per heavy atom. The Hall–Kier alpha value is -2.90. The zero-order valence-electron chi connectivity index (χ0n) is 15.9. The molecule has 0 aliphatic rings. The Balaban J connectivity index is 0.000000553. The van der Waals surface area contributed by atoms with Gasteiger partial charge in [0.15, 0.2) is 4.77 Å². The van der Waals surface area contributed by atoms with Gasteiger partial charge in [-0.1, -0.05) is 0 Å². The van der Waals surface area contributed by atoms with Gasteiger partial charge in [-0.15, -0.1) is 0 Å². The number of nitrogens with one attached hydrogen (secondary N) is 1. The normalized spacial score (nSPS) is 11.8. The lowest BCUT2D eigenvalue weighted by molar-refractivity contribution is -0.192. The van der Waals surface area contributed by atoms with Crippen LogP contribution in [0.3, 0.4) is 0 Å². The quantitative estimate of drug-likeness (QED) is 0.485. The minimum absolute atomic E-state index is 0.0834. The molecule has 0 spiro atoms. The van der Waals surface area contributed by atoms with Crippen LogP contribution in [-0.2, 0) is 11.3 Å². The summed E-state index contributed by atoms with van der Waals surface area (Å²) >= 11 is 5.21. The van der Waals surface area contributed by atoms with Gasteiger partial charge in [0.25, 0.3) is 5.56 Å². The number of benzene rings is 1. The molecule has 2 rings (SSSR count). The number of aliphatic hydroxyl groups excluding tert-OH is 1. The van der Waals surface area contributed by atoms with Gasteiger partial charge < -0.3 is 30.0 Å². The van der Waals surface area contributed by atoms with Crippen LogP contribution in [0.25, 0.3) is 11.3 Å². The number of hydrogen-bond acceptors (Lipinski definition) is 7. The maximum absolute atomic E-state index is 11.8. The molecule has 9 nitrogen and oxygen atoms in total.